The standard InChI is InChI=1S/C35H52O5S.C30H42O4S.C29H48O3.C5H10O.CH4O.CH4.FH.Mg.H2S.7H2.2H/c1-7-35(38)18-17-33(5)24(20-35)13-14-26-28-16-15-27(34(28,6)21-30(37)32(26)33)23(4)31(19-29(36)22(2)3)41(39,40)25-11-9-8-10-12-25;1-5-30(32)16-15-28(3)21(17-30)11-12-23-25-14-13-24(29(25,4)18-26(31)27(23)28)20(2)19-35(33,34)22-9-7-6-8-10-22;1-7-29(32)15-14-27(5)20(16-29)9-10-21-23-12-11-22(19(4)8-13-24(30)18(2)3)28(23,6)17-25(31)26(21)27;1-4(2)5-3-6-5;1-2;;;;;;;;;;;;;/h8-13,22-23,26-29,31-32,36,38H,7,14-21H2,1-6H3;6-11,20,23-25,27,32H,5,12-19H2,1-4H3;9,18-19,21-24,26,30,32H,7-8,10-17H2,1-6H3;4-5H,3H2,1-2H3;2H,1H3;1H4;1H;;1H2;7*1H;;/q;;;;;;;+2;;;;;;;;;2*-1/t23-,26-,27+,28-,29-,31?,32+,33-,34+,35-;20-,23+,24-,25+,27-,28+,29-,30+;19-,21+,22-,23+,24+,26-,27+,28-,29+;5-;;;;;;;;;;;;;;/m0110............../s1/i;;;;;;;;;6*1+1D;1+1;;. The van der Waals surface area contributed by atoms with Gasteiger partial charge in [-0.15, -0.1) is 0 Å². The molecule has 2 aromatic rings. The number of fused-ring (bicyclic) bond motifs is 15. The minimum absolute atomic E-state index is 0. The summed E-state index contributed by atoms with van der Waals surface area (Å²) in [4.78, 5) is 42.7. The number of aliphatic hydroxyl groups excluding tert-OH is 3. The van der Waals surface area contributed by atoms with Gasteiger partial charge in [0.05, 0.1) is 62.5 Å². The molecule has 0 spiro atoms. The zero-order chi connectivity index (χ0) is 97.2. The van der Waals surface area contributed by atoms with Gasteiger partial charge in [-0.25, -0.2) is 16.8 Å². The number of epoxide rings is 1. The summed E-state index contributed by atoms with van der Waals surface area (Å²) in [5.74, 6) is 6.42. The van der Waals surface area contributed by atoms with Crippen molar-refractivity contribution < 1.29 is 93.4 Å². The van der Waals surface area contributed by atoms with Gasteiger partial charge in [0.2, 0.25) is 0 Å². The number of hydrogen-bond donors (Lipinski definition) is 6. The van der Waals surface area contributed by atoms with E-state index in [1.165, 1.54) is 29.6 Å². The van der Waals surface area contributed by atoms with E-state index in [1.807, 2.05) is 26.0 Å². The van der Waals surface area contributed by atoms with E-state index in [9.17, 15) is 56.8 Å². The van der Waals surface area contributed by atoms with E-state index in [0.29, 0.717) is 106 Å². The Hall–Kier alpha value is -2.66. The number of halogens is 1. The number of ketones is 3. The summed E-state index contributed by atoms with van der Waals surface area (Å²) >= 11 is 0. The molecule has 0 bridgehead atoms. The Balaban J connectivity index is -0.00000173. The van der Waals surface area contributed by atoms with Crippen LogP contribution in [0.5, 0.6) is 0 Å². The van der Waals surface area contributed by atoms with Gasteiger partial charge in [0.1, 0.15) is 17.3 Å². The fourth-order valence-corrected chi connectivity index (χ4v) is 31.9. The van der Waals surface area contributed by atoms with E-state index >= 15 is 0 Å². The van der Waals surface area contributed by atoms with Crippen LogP contribution in [0.3, 0.4) is 0 Å². The van der Waals surface area contributed by atoms with Gasteiger partial charge < -0.3 is 38.2 Å². The number of carbonyl (C=O) groups is 3. The molecule has 0 amide bonds. The van der Waals surface area contributed by atoms with Gasteiger partial charge in [0.15, 0.2) is 19.7 Å². The molecule has 0 aromatic heterocycles. The van der Waals surface area contributed by atoms with Crippen LogP contribution in [0, 0.1) is 139 Å². The molecule has 0 radical (unpaired) electrons. The zero-order valence-corrected chi connectivity index (χ0v) is 80.6. The average molecular weight is 1770 g/mol. The van der Waals surface area contributed by atoms with Crippen molar-refractivity contribution in [3.05, 3.63) is 95.6 Å². The Morgan fingerprint density at radius 3 is 1.15 bits per heavy atom. The van der Waals surface area contributed by atoms with Gasteiger partial charge in [-0.3, -0.25) is 19.1 Å². The molecule has 1 saturated heterocycles. The molecule has 9 saturated carbocycles. The van der Waals surface area contributed by atoms with Gasteiger partial charge in [0, 0.05) is 63.4 Å². The maximum atomic E-state index is 14.2. The van der Waals surface area contributed by atoms with Crippen LogP contribution in [-0.4, -0.2) is 148 Å². The number of rotatable bonds is 20. The average Bonchev–Trinajstić information content (AvgIpc) is 1.58. The van der Waals surface area contributed by atoms with Crippen LogP contribution in [0.25, 0.3) is 0 Å². The molecular formula is C101H179FMgO14S3. The van der Waals surface area contributed by atoms with Crippen molar-refractivity contribution in [2.45, 2.75) is 356 Å². The largest absolute Gasteiger partial charge is 2.00 e. The van der Waals surface area contributed by atoms with Gasteiger partial charge >= 0.3 is 23.1 Å². The summed E-state index contributed by atoms with van der Waals surface area (Å²) in [6.45, 7) is 40.0. The Bertz CT molecular complexity index is 4180. The van der Waals surface area contributed by atoms with Crippen molar-refractivity contribution in [1.29, 1.82) is 0 Å². The second-order valence-electron chi connectivity index (χ2n) is 43.0. The molecular weight excluding hydrogens is 1580 g/mol. The summed E-state index contributed by atoms with van der Waals surface area (Å²) in [6.07, 6.45) is 29.6. The molecule has 1 unspecified atom stereocenters. The van der Waals surface area contributed by atoms with Crippen molar-refractivity contribution in [1.82, 2.24) is 0 Å². The third kappa shape index (κ3) is 20.0. The van der Waals surface area contributed by atoms with Gasteiger partial charge in [-0.05, 0) is 300 Å². The molecule has 28 atom stereocenters. The van der Waals surface area contributed by atoms with Crippen molar-refractivity contribution >= 4 is 73.6 Å². The van der Waals surface area contributed by atoms with Crippen LogP contribution in [-0.2, 0) is 38.8 Å². The number of Topliss-reactive ketones (excluding diaryl/α,β-unsaturated/α-hetero) is 3. The predicted molar refractivity (Wildman–Crippen MR) is 507 cm³/mol. The van der Waals surface area contributed by atoms with Gasteiger partial charge in [-0.1, -0.05) is 203 Å². The van der Waals surface area contributed by atoms with E-state index in [-0.39, 0.29) is 157 Å². The minimum Gasteiger partial charge on any atom is -1.00 e. The molecule has 2 aromatic carbocycles. The summed E-state index contributed by atoms with van der Waals surface area (Å²) in [5.41, 5.74) is 1.46. The van der Waals surface area contributed by atoms with Crippen molar-refractivity contribution in [3.63, 3.8) is 0 Å². The fraction of sp³-hybridized carbons (Fsp3) is 0.792. The van der Waals surface area contributed by atoms with Crippen LogP contribution in [0.4, 0.5) is 4.70 Å². The molecule has 1 heterocycles. The van der Waals surface area contributed by atoms with Gasteiger partial charge in [-0.2, -0.15) is 13.5 Å². The van der Waals surface area contributed by atoms with E-state index in [4.69, 9.17) is 27.7 Å². The molecule has 14 nitrogen and oxygen atoms in total. The maximum absolute atomic E-state index is 14.2. The Morgan fingerprint density at radius 2 is 0.825 bits per heavy atom. The molecule has 19 heteroatoms. The monoisotopic (exact) mass is 1770 g/mol. The number of benzene rings is 2. The van der Waals surface area contributed by atoms with Crippen LogP contribution < -0.4 is 0 Å². The van der Waals surface area contributed by atoms with Crippen molar-refractivity contribution in [3.8, 4) is 0 Å². The predicted octanol–water partition coefficient (Wildman–Crippen LogP) is 22.2. The topological polar surface area (TPSA) is 253 Å². The SMILES string of the molecule is C.CC(C)[C@@H]1CO1.CC[C@]1(O)CC[C@@]2(C)C(=CC[C@H]3[C@@H]4CC[C@H]([C@H](C)C(C[C@H](O)C(C)C)S(=O)(=O)c5ccccc5)[C@@]4(C)CC(=O)[C@@H]32)C1.CC[C@]1(O)CC[C@@]2(C)C(=CC[C@H]3[C@@H]4CC[C@H]([C@H](C)CC[C@H](O)C(C)C)[C@@]4(C)CC(=O)[C@@H]32)C1.CC[C@]1(O)CC[C@@]2(C)C(=CC[C@H]3[C@@H]4CC[C@H]([C@H](C)CS(=O)(=O)c5ccccc5)[C@@]4(C)CC(=O)[C@@H]32)C1.CO.F.S.[2HH].[2H][2H].[2H][2H].[2H][2H].[2H][2H].[2H][2H].[2H][2H].[H-].[H-].[Mg+2]. The molecule has 10 fully saturated rings. The Labute approximate surface area is 772 Å². The van der Waals surface area contributed by atoms with Crippen LogP contribution >= 0.6 is 13.5 Å². The Morgan fingerprint density at radius 1 is 0.492 bits per heavy atom. The molecule has 13 aliphatic rings. The number of allylic oxidation sites excluding steroid dienone is 3. The fourth-order valence-electron chi connectivity index (χ4n) is 28.2. The first-order valence-electron chi connectivity index (χ1n) is 52.2. The third-order valence-corrected chi connectivity index (χ3v) is 40.0. The second-order valence-corrected chi connectivity index (χ2v) is 47.2. The molecule has 120 heavy (non-hydrogen) atoms. The van der Waals surface area contributed by atoms with E-state index in [2.05, 4.69) is 129 Å². The number of hydrogen-bond acceptors (Lipinski definition) is 14. The third-order valence-electron chi connectivity index (χ3n) is 35.7. The van der Waals surface area contributed by atoms with Crippen LogP contribution in [0.1, 0.15) is 328 Å². The molecule has 12 aliphatic carbocycles. The van der Waals surface area contributed by atoms with Gasteiger partial charge in [0.25, 0.3) is 0 Å². The number of sulfone groups is 2. The first-order chi connectivity index (χ1) is 60.4. The number of carbonyl (C=O) groups excluding carboxylic acids is 3. The second kappa shape index (κ2) is 40.1. The summed E-state index contributed by atoms with van der Waals surface area (Å²) in [5, 5.41) is 60.6. The summed E-state index contributed by atoms with van der Waals surface area (Å²) in [6, 6.07) is 17.5. The molecule has 1 aliphatic heterocycles. The van der Waals surface area contributed by atoms with E-state index in [0.717, 1.165) is 148 Å². The maximum Gasteiger partial charge on any atom is 2.00 e. The zero-order valence-electron chi connectivity index (χ0n) is 90.6. The quantitative estimate of drug-likeness (QED) is 0.0410. The van der Waals surface area contributed by atoms with Crippen LogP contribution in [0.15, 0.2) is 105 Å². The Kier molecular flexibility index (Phi) is 31.8. The summed E-state index contributed by atoms with van der Waals surface area (Å²) < 4.78 is 119. The number of aliphatic hydroxyl groups is 6. The normalized spacial score (nSPS) is 39.9. The van der Waals surface area contributed by atoms with Crippen molar-refractivity contribution in [2.75, 3.05) is 19.5 Å². The van der Waals surface area contributed by atoms with Crippen LogP contribution in [0.2, 0.25) is 0 Å². The number of ether oxygens (including phenoxy) is 1. The molecule has 15 rings (SSSR count). The molecule has 6 N–H and O–H groups in total. The van der Waals surface area contributed by atoms with E-state index in [1.54, 1.807) is 48.5 Å². The summed E-state index contributed by atoms with van der Waals surface area (Å²) in [7, 11) is -6.04. The minimum atomic E-state index is -3.69. The van der Waals surface area contributed by atoms with E-state index < -0.39 is 47.8 Å². The van der Waals surface area contributed by atoms with Crippen molar-refractivity contribution in [2.24, 2.45) is 139 Å². The molecule has 694 valence electrons. The first-order valence-corrected chi connectivity index (χ1v) is 49.4. The first kappa shape index (κ1) is 94.9. The smallest absolute Gasteiger partial charge is 1.00 e.